The fourth-order valence-corrected chi connectivity index (χ4v) is 3.63. The number of anilines is 2. The Bertz CT molecular complexity index is 855. The molecule has 5 heteroatoms. The first-order valence-electron chi connectivity index (χ1n) is 9.79. The minimum Gasteiger partial charge on any atom is -0.497 e. The summed E-state index contributed by atoms with van der Waals surface area (Å²) in [6.07, 6.45) is 2.90. The van der Waals surface area contributed by atoms with Gasteiger partial charge in [-0.3, -0.25) is 9.59 Å². The maximum atomic E-state index is 12.6. The molecule has 0 aromatic heterocycles. The van der Waals surface area contributed by atoms with E-state index in [9.17, 15) is 9.59 Å². The van der Waals surface area contributed by atoms with Crippen molar-refractivity contribution in [1.29, 1.82) is 0 Å². The van der Waals surface area contributed by atoms with Crippen LogP contribution in [0, 0.1) is 25.7 Å². The van der Waals surface area contributed by atoms with Crippen molar-refractivity contribution in [2.75, 3.05) is 17.7 Å². The molecule has 0 bridgehead atoms. The summed E-state index contributed by atoms with van der Waals surface area (Å²) < 4.78 is 5.19. The Hall–Kier alpha value is -2.82. The molecule has 0 radical (unpaired) electrons. The molecule has 2 aromatic rings. The smallest absolute Gasteiger partial charge is 0.227 e. The average molecular weight is 380 g/mol. The lowest BCUT2D eigenvalue weighted by atomic mass is 9.81. The predicted molar refractivity (Wildman–Crippen MR) is 112 cm³/mol. The van der Waals surface area contributed by atoms with E-state index in [2.05, 4.69) is 17.6 Å². The summed E-state index contributed by atoms with van der Waals surface area (Å²) in [7, 11) is 1.60. The van der Waals surface area contributed by atoms with Gasteiger partial charge in [0.05, 0.1) is 7.11 Å². The lowest BCUT2D eigenvalue weighted by molar-refractivity contribution is -0.125. The summed E-state index contributed by atoms with van der Waals surface area (Å²) >= 11 is 0. The minimum absolute atomic E-state index is 0.0151. The number of hydrogen-bond donors (Lipinski definition) is 2. The summed E-state index contributed by atoms with van der Waals surface area (Å²) in [4.78, 5) is 25.1. The van der Waals surface area contributed by atoms with E-state index in [1.165, 1.54) is 5.56 Å². The SMILES string of the molecule is COc1cccc(NC(=O)C2CCC(C(=O)Nc3ccc(C)c(C)c3)CC2)c1. The lowest BCUT2D eigenvalue weighted by Crippen LogP contribution is -2.32. The monoisotopic (exact) mass is 380 g/mol. The van der Waals surface area contributed by atoms with Crippen LogP contribution in [0.4, 0.5) is 11.4 Å². The molecule has 1 saturated carbocycles. The summed E-state index contributed by atoms with van der Waals surface area (Å²) in [6.45, 7) is 4.09. The molecule has 0 heterocycles. The summed E-state index contributed by atoms with van der Waals surface area (Å²) in [5.74, 6) is 0.681. The van der Waals surface area contributed by atoms with Gasteiger partial charge in [0.25, 0.3) is 0 Å². The van der Waals surface area contributed by atoms with Gasteiger partial charge in [0.2, 0.25) is 11.8 Å². The normalized spacial score (nSPS) is 19.0. The van der Waals surface area contributed by atoms with Crippen LogP contribution in [-0.4, -0.2) is 18.9 Å². The molecule has 2 aromatic carbocycles. The number of amides is 2. The molecule has 1 aliphatic rings. The molecule has 2 amide bonds. The molecule has 0 spiro atoms. The topological polar surface area (TPSA) is 67.4 Å². The fraction of sp³-hybridized carbons (Fsp3) is 0.391. The Morgan fingerprint density at radius 2 is 1.39 bits per heavy atom. The van der Waals surface area contributed by atoms with Crippen LogP contribution in [0.2, 0.25) is 0 Å². The highest BCUT2D eigenvalue weighted by molar-refractivity contribution is 5.94. The standard InChI is InChI=1S/C23H28N2O3/c1-15-7-12-20(13-16(15)2)25-23(27)18-10-8-17(9-11-18)22(26)24-19-5-4-6-21(14-19)28-3/h4-7,12-14,17-18H,8-11H2,1-3H3,(H,24,26)(H,25,27). The molecular formula is C23H28N2O3. The van der Waals surface area contributed by atoms with Gasteiger partial charge in [-0.05, 0) is 74.9 Å². The highest BCUT2D eigenvalue weighted by Crippen LogP contribution is 2.31. The third kappa shape index (κ3) is 4.91. The summed E-state index contributed by atoms with van der Waals surface area (Å²) in [5, 5.41) is 5.99. The first-order valence-corrected chi connectivity index (χ1v) is 9.79. The molecule has 148 valence electrons. The average Bonchev–Trinajstić information content (AvgIpc) is 2.71. The van der Waals surface area contributed by atoms with E-state index in [0.29, 0.717) is 5.75 Å². The van der Waals surface area contributed by atoms with E-state index in [-0.39, 0.29) is 23.7 Å². The zero-order valence-electron chi connectivity index (χ0n) is 16.7. The first kappa shape index (κ1) is 19.9. The van der Waals surface area contributed by atoms with E-state index in [1.807, 2.05) is 43.3 Å². The molecule has 0 unspecified atom stereocenters. The maximum absolute atomic E-state index is 12.6. The Kier molecular flexibility index (Phi) is 6.34. The number of hydrogen-bond acceptors (Lipinski definition) is 3. The quantitative estimate of drug-likeness (QED) is 0.790. The number of nitrogens with one attached hydrogen (secondary N) is 2. The molecule has 1 fully saturated rings. The van der Waals surface area contributed by atoms with Gasteiger partial charge < -0.3 is 15.4 Å². The van der Waals surface area contributed by atoms with E-state index in [1.54, 1.807) is 13.2 Å². The first-order chi connectivity index (χ1) is 13.5. The third-order valence-corrected chi connectivity index (χ3v) is 5.58. The molecule has 28 heavy (non-hydrogen) atoms. The van der Waals surface area contributed by atoms with Crippen LogP contribution >= 0.6 is 0 Å². The Balaban J connectivity index is 1.51. The zero-order chi connectivity index (χ0) is 20.1. The van der Waals surface area contributed by atoms with Crippen LogP contribution in [0.1, 0.15) is 36.8 Å². The minimum atomic E-state index is -0.0585. The van der Waals surface area contributed by atoms with Crippen LogP contribution in [0.3, 0.4) is 0 Å². The van der Waals surface area contributed by atoms with Gasteiger partial charge >= 0.3 is 0 Å². The van der Waals surface area contributed by atoms with Gasteiger partial charge in [-0.1, -0.05) is 12.1 Å². The number of carbonyl (C=O) groups is 2. The molecule has 1 aliphatic carbocycles. The van der Waals surface area contributed by atoms with Gasteiger partial charge in [-0.2, -0.15) is 0 Å². The van der Waals surface area contributed by atoms with Crippen molar-refractivity contribution in [3.8, 4) is 5.75 Å². The van der Waals surface area contributed by atoms with Crippen LogP contribution in [0.5, 0.6) is 5.75 Å². The maximum Gasteiger partial charge on any atom is 0.227 e. The van der Waals surface area contributed by atoms with Crippen molar-refractivity contribution in [2.24, 2.45) is 11.8 Å². The van der Waals surface area contributed by atoms with E-state index in [0.717, 1.165) is 42.6 Å². The van der Waals surface area contributed by atoms with Crippen LogP contribution in [0.25, 0.3) is 0 Å². The van der Waals surface area contributed by atoms with Crippen LogP contribution in [0.15, 0.2) is 42.5 Å². The van der Waals surface area contributed by atoms with Crippen molar-refractivity contribution < 1.29 is 14.3 Å². The highest BCUT2D eigenvalue weighted by atomic mass is 16.5. The second-order valence-corrected chi connectivity index (χ2v) is 7.56. The molecule has 0 aliphatic heterocycles. The third-order valence-electron chi connectivity index (χ3n) is 5.58. The predicted octanol–water partition coefficient (Wildman–Crippen LogP) is 4.70. The molecule has 0 saturated heterocycles. The Labute approximate surface area is 166 Å². The number of ether oxygens (including phenoxy) is 1. The van der Waals surface area contributed by atoms with Crippen LogP contribution in [-0.2, 0) is 9.59 Å². The summed E-state index contributed by atoms with van der Waals surface area (Å²) in [5.41, 5.74) is 3.95. The zero-order valence-corrected chi connectivity index (χ0v) is 16.7. The van der Waals surface area contributed by atoms with Gasteiger partial charge in [0, 0.05) is 29.3 Å². The lowest BCUT2D eigenvalue weighted by Gasteiger charge is -2.27. The van der Waals surface area contributed by atoms with Crippen LogP contribution < -0.4 is 15.4 Å². The summed E-state index contributed by atoms with van der Waals surface area (Å²) in [6, 6.07) is 13.3. The highest BCUT2D eigenvalue weighted by Gasteiger charge is 2.30. The second-order valence-electron chi connectivity index (χ2n) is 7.56. The van der Waals surface area contributed by atoms with Crippen molar-refractivity contribution in [1.82, 2.24) is 0 Å². The fourth-order valence-electron chi connectivity index (χ4n) is 3.63. The number of benzene rings is 2. The van der Waals surface area contributed by atoms with Gasteiger partial charge in [0.15, 0.2) is 0 Å². The Morgan fingerprint density at radius 3 is 1.93 bits per heavy atom. The molecule has 5 nitrogen and oxygen atoms in total. The number of aryl methyl sites for hydroxylation is 2. The molecule has 2 N–H and O–H groups in total. The van der Waals surface area contributed by atoms with Gasteiger partial charge in [0.1, 0.15) is 5.75 Å². The van der Waals surface area contributed by atoms with E-state index in [4.69, 9.17) is 4.74 Å². The van der Waals surface area contributed by atoms with Crippen molar-refractivity contribution >= 4 is 23.2 Å². The largest absolute Gasteiger partial charge is 0.497 e. The molecule has 0 atom stereocenters. The van der Waals surface area contributed by atoms with Crippen molar-refractivity contribution in [3.63, 3.8) is 0 Å². The Morgan fingerprint density at radius 1 is 0.821 bits per heavy atom. The van der Waals surface area contributed by atoms with Crippen molar-refractivity contribution in [3.05, 3.63) is 53.6 Å². The second kappa shape index (κ2) is 8.91. The molecular weight excluding hydrogens is 352 g/mol. The molecule has 3 rings (SSSR count). The van der Waals surface area contributed by atoms with Gasteiger partial charge in [-0.25, -0.2) is 0 Å². The number of rotatable bonds is 5. The van der Waals surface area contributed by atoms with E-state index >= 15 is 0 Å². The van der Waals surface area contributed by atoms with Crippen molar-refractivity contribution in [2.45, 2.75) is 39.5 Å². The number of carbonyl (C=O) groups excluding carboxylic acids is 2. The van der Waals surface area contributed by atoms with Gasteiger partial charge in [-0.15, -0.1) is 0 Å². The van der Waals surface area contributed by atoms with E-state index < -0.39 is 0 Å². The number of methoxy groups -OCH3 is 1.